The van der Waals surface area contributed by atoms with E-state index < -0.39 is 12.3 Å². The molecule has 2 aliphatic heterocycles. The number of hydrazone groups is 1. The Morgan fingerprint density at radius 1 is 1.36 bits per heavy atom. The number of amides is 1. The number of carboxylic acid groups (broad SMARTS) is 1. The molecule has 0 fully saturated rings. The van der Waals surface area contributed by atoms with E-state index >= 15 is 0 Å². The minimum atomic E-state index is -1.18. The summed E-state index contributed by atoms with van der Waals surface area (Å²) in [5, 5.41) is 21.6. The molecule has 2 atom stereocenters. The molecule has 0 spiro atoms. The number of carbonyl (C=O) groups is 2. The molecule has 0 bridgehead atoms. The monoisotopic (exact) mass is 402 g/mol. The highest BCUT2D eigenvalue weighted by molar-refractivity contribution is 6.33. The lowest BCUT2D eigenvalue weighted by Gasteiger charge is -2.28. The van der Waals surface area contributed by atoms with E-state index in [9.17, 15) is 14.7 Å². The molecule has 0 saturated heterocycles. The second-order valence-electron chi connectivity index (χ2n) is 6.72. The van der Waals surface area contributed by atoms with Crippen molar-refractivity contribution >= 4 is 29.3 Å². The standard InChI is InChI=1S/C19H19ClN4O4/c20-13-7-4-8-14(16(13)18(26)27)28-10-12-9-15(25)24-19(21-12)22-17(23-24)11-5-2-1-3-6-11/h1-2,4,7-9,11,19,21H,3,5-6,10H2,(H,22,23)(H,26,27). The third-order valence-electron chi connectivity index (χ3n) is 4.82. The Kier molecular flexibility index (Phi) is 4.95. The maximum atomic E-state index is 12.4. The number of amidine groups is 1. The van der Waals surface area contributed by atoms with E-state index in [0.717, 1.165) is 25.1 Å². The Bertz CT molecular complexity index is 911. The smallest absolute Gasteiger partial charge is 0.341 e. The number of nitrogens with one attached hydrogen (secondary N) is 2. The van der Waals surface area contributed by atoms with Crippen LogP contribution in [0.25, 0.3) is 0 Å². The van der Waals surface area contributed by atoms with Crippen molar-refractivity contribution in [2.75, 3.05) is 6.61 Å². The quantitative estimate of drug-likeness (QED) is 0.653. The number of hydrogen-bond acceptors (Lipinski definition) is 6. The fourth-order valence-corrected chi connectivity index (χ4v) is 3.67. The lowest BCUT2D eigenvalue weighted by molar-refractivity contribution is -0.129. The Morgan fingerprint density at radius 2 is 2.21 bits per heavy atom. The summed E-state index contributed by atoms with van der Waals surface area (Å²) in [6.07, 6.45) is 8.10. The largest absolute Gasteiger partial charge is 0.486 e. The average molecular weight is 403 g/mol. The van der Waals surface area contributed by atoms with Gasteiger partial charge in [0.2, 0.25) is 6.29 Å². The van der Waals surface area contributed by atoms with E-state index in [0.29, 0.717) is 5.70 Å². The van der Waals surface area contributed by atoms with E-state index in [-0.39, 0.29) is 34.8 Å². The molecule has 1 amide bonds. The molecule has 0 aromatic heterocycles. The first-order valence-electron chi connectivity index (χ1n) is 8.98. The average Bonchev–Trinajstić information content (AvgIpc) is 3.11. The van der Waals surface area contributed by atoms with E-state index in [1.807, 2.05) is 0 Å². The molecule has 0 radical (unpaired) electrons. The first kappa shape index (κ1) is 18.4. The molecule has 9 heteroatoms. The molecule has 28 heavy (non-hydrogen) atoms. The van der Waals surface area contributed by atoms with Crippen LogP contribution in [-0.2, 0) is 4.79 Å². The van der Waals surface area contributed by atoms with Crippen LogP contribution in [-0.4, -0.2) is 40.7 Å². The predicted octanol–water partition coefficient (Wildman–Crippen LogP) is 2.29. The van der Waals surface area contributed by atoms with Crippen LogP contribution in [0.15, 0.2) is 47.2 Å². The molecule has 1 aromatic rings. The zero-order chi connectivity index (χ0) is 19.7. The number of halogens is 1. The van der Waals surface area contributed by atoms with Crippen molar-refractivity contribution in [2.45, 2.75) is 25.6 Å². The Balaban J connectivity index is 1.42. The molecule has 2 unspecified atom stereocenters. The summed E-state index contributed by atoms with van der Waals surface area (Å²) in [5.74, 6) is -0.225. The number of carboxylic acids is 1. The fourth-order valence-electron chi connectivity index (χ4n) is 3.42. The normalized spacial score (nSPS) is 23.3. The third-order valence-corrected chi connectivity index (χ3v) is 5.13. The SMILES string of the molecule is O=C(O)c1c(Cl)cccc1OCC1=CC(=O)N2N=C(C3CC=CCC3)NC2N1. The molecular formula is C19H19ClN4O4. The topological polar surface area (TPSA) is 103 Å². The highest BCUT2D eigenvalue weighted by atomic mass is 35.5. The summed E-state index contributed by atoms with van der Waals surface area (Å²) in [5.41, 5.74) is 0.415. The maximum Gasteiger partial charge on any atom is 0.341 e. The highest BCUT2D eigenvalue weighted by Crippen LogP contribution is 2.27. The fraction of sp³-hybridized carbons (Fsp3) is 0.316. The Hall–Kier alpha value is -3.00. The number of fused-ring (bicyclic) bond motifs is 1. The molecule has 1 aromatic carbocycles. The number of carbonyl (C=O) groups excluding carboxylic acids is 1. The van der Waals surface area contributed by atoms with Gasteiger partial charge in [-0.3, -0.25) is 4.79 Å². The van der Waals surface area contributed by atoms with Gasteiger partial charge in [0.1, 0.15) is 23.8 Å². The van der Waals surface area contributed by atoms with Crippen LogP contribution >= 0.6 is 11.6 Å². The van der Waals surface area contributed by atoms with Gasteiger partial charge in [-0.05, 0) is 31.4 Å². The van der Waals surface area contributed by atoms with Gasteiger partial charge < -0.3 is 20.5 Å². The van der Waals surface area contributed by atoms with Gasteiger partial charge in [0.05, 0.1) is 10.7 Å². The van der Waals surface area contributed by atoms with Crippen LogP contribution in [0, 0.1) is 5.92 Å². The number of allylic oxidation sites excluding steroid dienone is 2. The van der Waals surface area contributed by atoms with Gasteiger partial charge in [-0.2, -0.15) is 10.1 Å². The molecule has 3 N–H and O–H groups in total. The van der Waals surface area contributed by atoms with Crippen molar-refractivity contribution in [2.24, 2.45) is 11.0 Å². The van der Waals surface area contributed by atoms with E-state index in [2.05, 4.69) is 27.9 Å². The van der Waals surface area contributed by atoms with Crippen molar-refractivity contribution in [1.82, 2.24) is 15.6 Å². The van der Waals surface area contributed by atoms with Crippen LogP contribution in [0.5, 0.6) is 5.75 Å². The van der Waals surface area contributed by atoms with Gasteiger partial charge >= 0.3 is 5.97 Å². The zero-order valence-corrected chi connectivity index (χ0v) is 15.6. The molecule has 1 aliphatic carbocycles. The minimum absolute atomic E-state index is 0.000117. The first-order valence-corrected chi connectivity index (χ1v) is 9.35. The summed E-state index contributed by atoms with van der Waals surface area (Å²) < 4.78 is 5.62. The van der Waals surface area contributed by atoms with Crippen molar-refractivity contribution in [3.63, 3.8) is 0 Å². The van der Waals surface area contributed by atoms with Crippen LogP contribution in [0.1, 0.15) is 29.6 Å². The van der Waals surface area contributed by atoms with Crippen molar-refractivity contribution in [3.8, 4) is 5.75 Å². The number of ether oxygens (including phenoxy) is 1. The lowest BCUT2D eigenvalue weighted by Crippen LogP contribution is -2.54. The van der Waals surface area contributed by atoms with Crippen LogP contribution in [0.4, 0.5) is 0 Å². The van der Waals surface area contributed by atoms with Gasteiger partial charge in [0, 0.05) is 12.0 Å². The van der Waals surface area contributed by atoms with E-state index in [1.165, 1.54) is 23.2 Å². The maximum absolute atomic E-state index is 12.4. The molecule has 2 heterocycles. The Labute approximate surface area is 166 Å². The zero-order valence-electron chi connectivity index (χ0n) is 14.9. The number of rotatable bonds is 5. The van der Waals surface area contributed by atoms with E-state index in [1.54, 1.807) is 6.07 Å². The summed E-state index contributed by atoms with van der Waals surface area (Å²) >= 11 is 5.95. The van der Waals surface area contributed by atoms with E-state index in [4.69, 9.17) is 16.3 Å². The molecule has 146 valence electrons. The summed E-state index contributed by atoms with van der Waals surface area (Å²) in [6.45, 7) is -0.000117. The lowest BCUT2D eigenvalue weighted by atomic mass is 9.93. The van der Waals surface area contributed by atoms with Crippen LogP contribution in [0.3, 0.4) is 0 Å². The molecule has 4 rings (SSSR count). The Morgan fingerprint density at radius 3 is 2.96 bits per heavy atom. The molecule has 8 nitrogen and oxygen atoms in total. The molecule has 0 saturated carbocycles. The molecular weight excluding hydrogens is 384 g/mol. The second-order valence-corrected chi connectivity index (χ2v) is 7.12. The van der Waals surface area contributed by atoms with Gasteiger partial charge in [0.15, 0.2) is 0 Å². The number of benzene rings is 1. The van der Waals surface area contributed by atoms with Gasteiger partial charge in [-0.1, -0.05) is 29.8 Å². The summed E-state index contributed by atoms with van der Waals surface area (Å²) in [6, 6.07) is 4.62. The third kappa shape index (κ3) is 3.55. The van der Waals surface area contributed by atoms with Gasteiger partial charge in [-0.15, -0.1) is 0 Å². The summed E-state index contributed by atoms with van der Waals surface area (Å²) in [7, 11) is 0. The summed E-state index contributed by atoms with van der Waals surface area (Å²) in [4.78, 5) is 23.8. The van der Waals surface area contributed by atoms with Crippen molar-refractivity contribution in [1.29, 1.82) is 0 Å². The number of nitrogens with zero attached hydrogens (tertiary/aromatic N) is 2. The first-order chi connectivity index (χ1) is 13.5. The number of hydrogen-bond donors (Lipinski definition) is 3. The van der Waals surface area contributed by atoms with Crippen LogP contribution < -0.4 is 15.4 Å². The van der Waals surface area contributed by atoms with Gasteiger partial charge in [-0.25, -0.2) is 4.79 Å². The minimum Gasteiger partial charge on any atom is -0.486 e. The highest BCUT2D eigenvalue weighted by Gasteiger charge is 2.36. The second kappa shape index (κ2) is 7.55. The van der Waals surface area contributed by atoms with Crippen molar-refractivity contribution in [3.05, 3.63) is 52.7 Å². The van der Waals surface area contributed by atoms with Crippen LogP contribution in [0.2, 0.25) is 5.02 Å². The number of aromatic carboxylic acids is 1. The predicted molar refractivity (Wildman–Crippen MR) is 103 cm³/mol. The van der Waals surface area contributed by atoms with Crippen molar-refractivity contribution < 1.29 is 19.4 Å². The molecule has 3 aliphatic rings. The van der Waals surface area contributed by atoms with Gasteiger partial charge in [0.25, 0.3) is 5.91 Å².